The van der Waals surface area contributed by atoms with Gasteiger partial charge in [-0.25, -0.2) is 0 Å². The van der Waals surface area contributed by atoms with Crippen molar-refractivity contribution >= 4 is 55.8 Å². The van der Waals surface area contributed by atoms with E-state index in [1.54, 1.807) is 13.8 Å². The number of fused-ring (bicyclic) bond motifs is 1. The summed E-state index contributed by atoms with van der Waals surface area (Å²) in [6, 6.07) is 6.59. The standard InChI is InChI=1S/C22H20BrN3O10S/c1-11(10-37-21(28)12-6-14(25(31)32)8-15(7-12)26(33)34)20(27)35-18-16-9-13(24(29)30)4-5-17(16)36-22(2,3)19(18)23/h4-9,11,18-19H,10H2,1-3H3/t11-,18-,19+/m1/s1. The molecule has 1 heterocycles. The van der Waals surface area contributed by atoms with Crippen molar-refractivity contribution in [2.24, 2.45) is 5.92 Å². The Morgan fingerprint density at radius 3 is 2.14 bits per heavy atom. The Balaban J connectivity index is 1.75. The van der Waals surface area contributed by atoms with Gasteiger partial charge in [-0.1, -0.05) is 34.6 Å². The van der Waals surface area contributed by atoms with Crippen molar-refractivity contribution in [2.45, 2.75) is 37.3 Å². The molecule has 196 valence electrons. The summed E-state index contributed by atoms with van der Waals surface area (Å²) < 4.78 is 11.6. The lowest BCUT2D eigenvalue weighted by Gasteiger charge is -2.41. The summed E-state index contributed by atoms with van der Waals surface area (Å²) in [4.78, 5) is 56.1. The number of esters is 1. The molecule has 0 amide bonds. The highest BCUT2D eigenvalue weighted by Crippen LogP contribution is 2.46. The zero-order chi connectivity index (χ0) is 27.7. The van der Waals surface area contributed by atoms with Crippen LogP contribution >= 0.6 is 27.7 Å². The minimum Gasteiger partial charge on any atom is -0.486 e. The molecule has 15 heteroatoms. The first-order valence-electron chi connectivity index (χ1n) is 10.6. The van der Waals surface area contributed by atoms with Crippen LogP contribution in [0.4, 0.5) is 17.1 Å². The molecule has 1 aliphatic rings. The average Bonchev–Trinajstić information content (AvgIpc) is 2.83. The first-order chi connectivity index (χ1) is 17.2. The fourth-order valence-electron chi connectivity index (χ4n) is 3.47. The average molecular weight is 598 g/mol. The van der Waals surface area contributed by atoms with E-state index in [1.165, 1.54) is 25.1 Å². The number of benzene rings is 2. The van der Waals surface area contributed by atoms with Gasteiger partial charge in [0.2, 0.25) is 5.12 Å². The Morgan fingerprint density at radius 1 is 1.03 bits per heavy atom. The Morgan fingerprint density at radius 2 is 1.59 bits per heavy atom. The summed E-state index contributed by atoms with van der Waals surface area (Å²) in [6.45, 7) is 5.02. The van der Waals surface area contributed by atoms with Crippen LogP contribution < -0.4 is 4.74 Å². The number of nitro benzene ring substituents is 3. The summed E-state index contributed by atoms with van der Waals surface area (Å²) in [5.74, 6) is -1.30. The van der Waals surface area contributed by atoms with Crippen LogP contribution in [-0.2, 0) is 9.53 Å². The van der Waals surface area contributed by atoms with Crippen LogP contribution in [0.15, 0.2) is 36.4 Å². The lowest BCUT2D eigenvalue weighted by atomic mass is 9.91. The van der Waals surface area contributed by atoms with Gasteiger partial charge in [-0.3, -0.25) is 39.9 Å². The summed E-state index contributed by atoms with van der Waals surface area (Å²) in [7, 11) is 0. The van der Waals surface area contributed by atoms with Crippen LogP contribution in [0.1, 0.15) is 42.8 Å². The molecule has 0 radical (unpaired) electrons. The first-order valence-corrected chi connectivity index (χ1v) is 12.5. The van der Waals surface area contributed by atoms with Crippen molar-refractivity contribution in [2.75, 3.05) is 5.75 Å². The van der Waals surface area contributed by atoms with Gasteiger partial charge in [0.25, 0.3) is 17.1 Å². The second-order valence-electron chi connectivity index (χ2n) is 8.70. The van der Waals surface area contributed by atoms with E-state index in [0.717, 1.165) is 18.2 Å². The molecule has 0 bridgehead atoms. The van der Waals surface area contributed by atoms with Crippen LogP contribution in [0.3, 0.4) is 0 Å². The van der Waals surface area contributed by atoms with E-state index in [1.807, 2.05) is 0 Å². The Kier molecular flexibility index (Phi) is 8.17. The van der Waals surface area contributed by atoms with Crippen LogP contribution in [0.25, 0.3) is 0 Å². The molecule has 3 atom stereocenters. The number of rotatable bonds is 8. The van der Waals surface area contributed by atoms with Gasteiger partial charge in [0.1, 0.15) is 17.5 Å². The maximum atomic E-state index is 12.9. The molecule has 0 saturated heterocycles. The number of hydrogen-bond donors (Lipinski definition) is 0. The van der Waals surface area contributed by atoms with Crippen molar-refractivity contribution in [3.63, 3.8) is 0 Å². The Bertz CT molecular complexity index is 1270. The minimum absolute atomic E-state index is 0.0878. The Hall–Kier alpha value is -3.59. The fraction of sp³-hybridized carbons (Fsp3) is 0.364. The third-order valence-corrected chi connectivity index (χ3v) is 8.23. The topological polar surface area (TPSA) is 182 Å². The Labute approximate surface area is 222 Å². The van der Waals surface area contributed by atoms with Crippen molar-refractivity contribution in [3.05, 3.63) is 77.9 Å². The van der Waals surface area contributed by atoms with Gasteiger partial charge in [0, 0.05) is 41.1 Å². The second-order valence-corrected chi connectivity index (χ2v) is 10.7. The quantitative estimate of drug-likeness (QED) is 0.170. The summed E-state index contributed by atoms with van der Waals surface area (Å²) in [5.41, 5.74) is -2.20. The number of hydrogen-bond acceptors (Lipinski definition) is 11. The minimum atomic E-state index is -0.936. The van der Waals surface area contributed by atoms with E-state index < -0.39 is 59.7 Å². The van der Waals surface area contributed by atoms with Crippen LogP contribution in [0.2, 0.25) is 0 Å². The molecule has 13 nitrogen and oxygen atoms in total. The maximum absolute atomic E-state index is 12.9. The van der Waals surface area contributed by atoms with Gasteiger partial charge in [-0.2, -0.15) is 0 Å². The van der Waals surface area contributed by atoms with Crippen molar-refractivity contribution in [1.82, 2.24) is 0 Å². The summed E-state index contributed by atoms with van der Waals surface area (Å²) >= 11 is 4.12. The zero-order valence-electron chi connectivity index (χ0n) is 19.6. The molecule has 0 unspecified atom stereocenters. The van der Waals surface area contributed by atoms with Gasteiger partial charge in [0.05, 0.1) is 31.6 Å². The molecule has 0 fully saturated rings. The van der Waals surface area contributed by atoms with Crippen molar-refractivity contribution in [3.8, 4) is 5.75 Å². The predicted molar refractivity (Wildman–Crippen MR) is 135 cm³/mol. The molecular formula is C22H20BrN3O10S. The van der Waals surface area contributed by atoms with E-state index in [0.29, 0.717) is 23.1 Å². The molecule has 0 aliphatic carbocycles. The van der Waals surface area contributed by atoms with Crippen LogP contribution in [-0.4, -0.2) is 42.0 Å². The monoisotopic (exact) mass is 597 g/mol. The number of thioether (sulfide) groups is 1. The highest BCUT2D eigenvalue weighted by Gasteiger charge is 2.45. The van der Waals surface area contributed by atoms with E-state index in [2.05, 4.69) is 15.9 Å². The number of nitro groups is 3. The number of carbonyl (C=O) groups excluding carboxylic acids is 2. The summed E-state index contributed by atoms with van der Waals surface area (Å²) in [5, 5.41) is 32.7. The number of carbonyl (C=O) groups is 2. The third kappa shape index (κ3) is 6.22. The molecule has 0 saturated carbocycles. The second kappa shape index (κ2) is 10.8. The number of non-ortho nitro benzene ring substituents is 3. The lowest BCUT2D eigenvalue weighted by molar-refractivity contribution is -0.394. The maximum Gasteiger partial charge on any atom is 0.310 e. The molecule has 0 N–H and O–H groups in total. The van der Waals surface area contributed by atoms with Crippen LogP contribution in [0, 0.1) is 36.3 Å². The first kappa shape index (κ1) is 28.0. The number of halogens is 1. The molecule has 3 rings (SSSR count). The summed E-state index contributed by atoms with van der Waals surface area (Å²) in [6.07, 6.45) is -0.936. The van der Waals surface area contributed by atoms with Gasteiger partial charge in [0.15, 0.2) is 0 Å². The molecular weight excluding hydrogens is 578 g/mol. The molecule has 2 aromatic rings. The normalized spacial score (nSPS) is 18.6. The smallest absolute Gasteiger partial charge is 0.310 e. The number of nitrogens with zero attached hydrogens (tertiary/aromatic N) is 3. The lowest BCUT2D eigenvalue weighted by Crippen LogP contribution is -2.46. The fourth-order valence-corrected chi connectivity index (χ4v) is 4.78. The van der Waals surface area contributed by atoms with E-state index in [4.69, 9.17) is 9.47 Å². The zero-order valence-corrected chi connectivity index (χ0v) is 22.0. The van der Waals surface area contributed by atoms with Gasteiger partial charge < -0.3 is 9.47 Å². The third-order valence-electron chi connectivity index (χ3n) is 5.48. The predicted octanol–water partition coefficient (Wildman–Crippen LogP) is 5.14. The molecule has 0 spiro atoms. The highest BCUT2D eigenvalue weighted by molar-refractivity contribution is 9.09. The molecule has 37 heavy (non-hydrogen) atoms. The van der Waals surface area contributed by atoms with Gasteiger partial charge in [-0.15, -0.1) is 0 Å². The van der Waals surface area contributed by atoms with Crippen molar-refractivity contribution < 1.29 is 33.8 Å². The van der Waals surface area contributed by atoms with Crippen molar-refractivity contribution in [1.29, 1.82) is 0 Å². The number of alkyl halides is 1. The number of ether oxygens (including phenoxy) is 2. The largest absolute Gasteiger partial charge is 0.486 e. The van der Waals surface area contributed by atoms with Crippen LogP contribution in [0.5, 0.6) is 5.75 Å². The van der Waals surface area contributed by atoms with E-state index in [-0.39, 0.29) is 17.0 Å². The molecule has 1 aliphatic heterocycles. The van der Waals surface area contributed by atoms with Gasteiger partial charge >= 0.3 is 5.97 Å². The SMILES string of the molecule is C[C@H](CSC(=O)c1cc([N+](=O)[O-])cc([N+](=O)[O-])c1)C(=O)O[C@@H]1c2cc([N+](=O)[O-])ccc2OC(C)(C)[C@H]1Br. The molecule has 2 aromatic carbocycles. The van der Waals surface area contributed by atoms with E-state index in [9.17, 15) is 39.9 Å². The van der Waals surface area contributed by atoms with E-state index >= 15 is 0 Å². The highest BCUT2D eigenvalue weighted by atomic mass is 79.9. The van der Waals surface area contributed by atoms with Gasteiger partial charge in [-0.05, 0) is 19.9 Å². The molecule has 0 aromatic heterocycles.